The predicted octanol–water partition coefficient (Wildman–Crippen LogP) is -0.347. The number of rotatable bonds is 4. The number of nitrogens with two attached hydrogens (primary N) is 1. The van der Waals surface area contributed by atoms with Gasteiger partial charge in [0.15, 0.2) is 0 Å². The number of hydrogen-bond acceptors (Lipinski definition) is 3. The summed E-state index contributed by atoms with van der Waals surface area (Å²) in [5, 5.41) is 17.1. The second kappa shape index (κ2) is 2.75. The van der Waals surface area contributed by atoms with E-state index in [0.29, 0.717) is 12.8 Å². The van der Waals surface area contributed by atoms with Crippen LogP contribution in [-0.2, 0) is 9.59 Å². The lowest BCUT2D eigenvalue weighted by atomic mass is 9.98. The van der Waals surface area contributed by atoms with Crippen LogP contribution in [-0.4, -0.2) is 28.2 Å². The number of carboxylic acid groups (broad SMARTS) is 2. The van der Waals surface area contributed by atoms with Gasteiger partial charge in [-0.3, -0.25) is 9.59 Å². The molecular formula is C7H11NO4. The molecule has 0 spiro atoms. The first-order chi connectivity index (χ1) is 5.48. The van der Waals surface area contributed by atoms with Crippen molar-refractivity contribution < 1.29 is 19.8 Å². The predicted molar refractivity (Wildman–Crippen MR) is 39.5 cm³/mol. The Morgan fingerprint density at radius 3 is 2.17 bits per heavy atom. The molecule has 0 aromatic rings. The molecule has 0 heterocycles. The summed E-state index contributed by atoms with van der Waals surface area (Å²) in [4.78, 5) is 20.9. The smallest absolute Gasteiger partial charge is 0.320 e. The normalized spacial score (nSPS) is 21.4. The molecule has 0 aromatic carbocycles. The topological polar surface area (TPSA) is 101 Å². The number of hydrogen-bond donors (Lipinski definition) is 3. The van der Waals surface area contributed by atoms with E-state index in [4.69, 9.17) is 15.9 Å². The molecule has 0 saturated heterocycles. The van der Waals surface area contributed by atoms with Crippen LogP contribution in [0.3, 0.4) is 0 Å². The van der Waals surface area contributed by atoms with Gasteiger partial charge in [-0.1, -0.05) is 0 Å². The third-order valence-corrected chi connectivity index (χ3v) is 2.24. The first kappa shape index (κ1) is 8.99. The Kier molecular flexibility index (Phi) is 2.06. The molecule has 0 amide bonds. The van der Waals surface area contributed by atoms with Crippen molar-refractivity contribution in [3.63, 3.8) is 0 Å². The van der Waals surface area contributed by atoms with Crippen molar-refractivity contribution in [2.75, 3.05) is 0 Å². The monoisotopic (exact) mass is 173 g/mol. The lowest BCUT2D eigenvalue weighted by Gasteiger charge is -2.11. The SMILES string of the molecule is NC(CC1(C(=O)O)CC1)C(=O)O. The zero-order chi connectivity index (χ0) is 9.35. The van der Waals surface area contributed by atoms with E-state index in [2.05, 4.69) is 0 Å². The van der Waals surface area contributed by atoms with Crippen LogP contribution in [0.25, 0.3) is 0 Å². The van der Waals surface area contributed by atoms with E-state index in [9.17, 15) is 9.59 Å². The molecule has 1 rings (SSSR count). The number of carbonyl (C=O) groups is 2. The van der Waals surface area contributed by atoms with Crippen molar-refractivity contribution in [2.24, 2.45) is 11.1 Å². The second-order valence-corrected chi connectivity index (χ2v) is 3.23. The Balaban J connectivity index is 2.51. The molecule has 0 aliphatic heterocycles. The van der Waals surface area contributed by atoms with E-state index < -0.39 is 23.4 Å². The fourth-order valence-electron chi connectivity index (χ4n) is 1.16. The Bertz CT molecular complexity index is 221. The maximum absolute atomic E-state index is 10.6. The fourth-order valence-corrected chi connectivity index (χ4v) is 1.16. The van der Waals surface area contributed by atoms with Crippen LogP contribution in [0.15, 0.2) is 0 Å². The van der Waals surface area contributed by atoms with Crippen molar-refractivity contribution in [2.45, 2.75) is 25.3 Å². The minimum absolute atomic E-state index is 0.0394. The standard InChI is InChI=1S/C7H11NO4/c8-4(5(9)10)3-7(1-2-7)6(11)12/h4H,1-3,8H2,(H,9,10)(H,11,12). The van der Waals surface area contributed by atoms with Gasteiger partial charge < -0.3 is 15.9 Å². The van der Waals surface area contributed by atoms with Crippen molar-refractivity contribution in [1.82, 2.24) is 0 Å². The van der Waals surface area contributed by atoms with Gasteiger partial charge in [0.25, 0.3) is 0 Å². The van der Waals surface area contributed by atoms with Gasteiger partial charge in [0.1, 0.15) is 6.04 Å². The van der Waals surface area contributed by atoms with Gasteiger partial charge in [-0.15, -0.1) is 0 Å². The van der Waals surface area contributed by atoms with Crippen molar-refractivity contribution in [3.05, 3.63) is 0 Å². The Hall–Kier alpha value is -1.10. The molecule has 1 unspecified atom stereocenters. The van der Waals surface area contributed by atoms with Crippen LogP contribution < -0.4 is 5.73 Å². The summed E-state index contributed by atoms with van der Waals surface area (Å²) >= 11 is 0. The number of aliphatic carboxylic acids is 2. The molecule has 12 heavy (non-hydrogen) atoms. The molecule has 1 atom stereocenters. The lowest BCUT2D eigenvalue weighted by Crippen LogP contribution is -2.35. The largest absolute Gasteiger partial charge is 0.481 e. The average Bonchev–Trinajstić information content (AvgIpc) is 2.68. The lowest BCUT2D eigenvalue weighted by molar-refractivity contribution is -0.145. The molecule has 0 aromatic heterocycles. The molecular weight excluding hydrogens is 162 g/mol. The molecule has 1 fully saturated rings. The van der Waals surface area contributed by atoms with Gasteiger partial charge in [0.05, 0.1) is 5.41 Å². The third-order valence-electron chi connectivity index (χ3n) is 2.24. The maximum Gasteiger partial charge on any atom is 0.320 e. The summed E-state index contributed by atoms with van der Waals surface area (Å²) < 4.78 is 0. The van der Waals surface area contributed by atoms with Gasteiger partial charge in [-0.25, -0.2) is 0 Å². The van der Waals surface area contributed by atoms with Gasteiger partial charge in [0.2, 0.25) is 0 Å². The molecule has 0 radical (unpaired) electrons. The molecule has 0 bridgehead atoms. The molecule has 1 aliphatic carbocycles. The molecule has 5 heteroatoms. The average molecular weight is 173 g/mol. The van der Waals surface area contributed by atoms with Crippen molar-refractivity contribution in [1.29, 1.82) is 0 Å². The molecule has 1 aliphatic rings. The van der Waals surface area contributed by atoms with Gasteiger partial charge >= 0.3 is 11.9 Å². The quantitative estimate of drug-likeness (QED) is 0.539. The summed E-state index contributed by atoms with van der Waals surface area (Å²) in [6, 6.07) is -1.05. The Morgan fingerprint density at radius 1 is 1.42 bits per heavy atom. The van der Waals surface area contributed by atoms with Crippen LogP contribution >= 0.6 is 0 Å². The van der Waals surface area contributed by atoms with Crippen LogP contribution in [0.1, 0.15) is 19.3 Å². The van der Waals surface area contributed by atoms with Crippen LogP contribution in [0, 0.1) is 5.41 Å². The highest BCUT2D eigenvalue weighted by Crippen LogP contribution is 2.49. The highest BCUT2D eigenvalue weighted by atomic mass is 16.4. The Labute approximate surface area is 69.2 Å². The minimum Gasteiger partial charge on any atom is -0.481 e. The van der Waals surface area contributed by atoms with E-state index in [1.54, 1.807) is 0 Å². The van der Waals surface area contributed by atoms with Gasteiger partial charge in [-0.05, 0) is 19.3 Å². The molecule has 68 valence electrons. The second-order valence-electron chi connectivity index (χ2n) is 3.23. The van der Waals surface area contributed by atoms with Crippen LogP contribution in [0.2, 0.25) is 0 Å². The first-order valence-electron chi connectivity index (χ1n) is 3.70. The highest BCUT2D eigenvalue weighted by molar-refractivity contribution is 5.80. The third kappa shape index (κ3) is 1.55. The molecule has 1 saturated carbocycles. The summed E-state index contributed by atoms with van der Waals surface area (Å²) in [5.74, 6) is -2.07. The summed E-state index contributed by atoms with van der Waals surface area (Å²) in [7, 11) is 0. The molecule has 5 nitrogen and oxygen atoms in total. The van der Waals surface area contributed by atoms with Crippen molar-refractivity contribution in [3.8, 4) is 0 Å². The van der Waals surface area contributed by atoms with Gasteiger partial charge in [-0.2, -0.15) is 0 Å². The van der Waals surface area contributed by atoms with Crippen LogP contribution in [0.5, 0.6) is 0 Å². The number of carboxylic acids is 2. The van der Waals surface area contributed by atoms with E-state index in [1.807, 2.05) is 0 Å². The summed E-state index contributed by atoms with van der Waals surface area (Å²) in [6.07, 6.45) is 1.13. The van der Waals surface area contributed by atoms with Crippen LogP contribution in [0.4, 0.5) is 0 Å². The maximum atomic E-state index is 10.6. The van der Waals surface area contributed by atoms with E-state index >= 15 is 0 Å². The fraction of sp³-hybridized carbons (Fsp3) is 0.714. The minimum atomic E-state index is -1.14. The van der Waals surface area contributed by atoms with E-state index in [-0.39, 0.29) is 6.42 Å². The first-order valence-corrected chi connectivity index (χ1v) is 3.70. The van der Waals surface area contributed by atoms with Crippen molar-refractivity contribution >= 4 is 11.9 Å². The van der Waals surface area contributed by atoms with E-state index in [1.165, 1.54) is 0 Å². The van der Waals surface area contributed by atoms with E-state index in [0.717, 1.165) is 0 Å². The molecule has 4 N–H and O–H groups in total. The highest BCUT2D eigenvalue weighted by Gasteiger charge is 2.51. The summed E-state index contributed by atoms with van der Waals surface area (Å²) in [6.45, 7) is 0. The zero-order valence-electron chi connectivity index (χ0n) is 6.49. The van der Waals surface area contributed by atoms with Gasteiger partial charge in [0, 0.05) is 0 Å². The zero-order valence-corrected chi connectivity index (χ0v) is 6.49. The summed E-state index contributed by atoms with van der Waals surface area (Å²) in [5.41, 5.74) is 4.38. The Morgan fingerprint density at radius 2 is 1.92 bits per heavy atom.